The highest BCUT2D eigenvalue weighted by molar-refractivity contribution is 7.71. The third-order valence-electron chi connectivity index (χ3n) is 3.33. The van der Waals surface area contributed by atoms with Crippen molar-refractivity contribution in [1.29, 1.82) is 0 Å². The number of esters is 1. The third-order valence-corrected chi connectivity index (χ3v) is 3.61. The fourth-order valence-electron chi connectivity index (χ4n) is 2.52. The summed E-state index contributed by atoms with van der Waals surface area (Å²) in [6, 6.07) is 0.384. The first-order valence-electron chi connectivity index (χ1n) is 6.53. The van der Waals surface area contributed by atoms with Gasteiger partial charge in [-0.3, -0.25) is 9.89 Å². The van der Waals surface area contributed by atoms with Crippen LogP contribution in [0.25, 0.3) is 0 Å². The number of aromatic nitrogens is 3. The molecule has 5 nitrogen and oxygen atoms in total. The lowest BCUT2D eigenvalue weighted by Gasteiger charge is -2.23. The van der Waals surface area contributed by atoms with Crippen LogP contribution in [0, 0.1) is 4.77 Å². The normalized spacial score (nSPS) is 16.7. The van der Waals surface area contributed by atoms with E-state index in [2.05, 4.69) is 10.2 Å². The van der Waals surface area contributed by atoms with E-state index in [9.17, 15) is 4.79 Å². The summed E-state index contributed by atoms with van der Waals surface area (Å²) in [5, 5.41) is 6.95. The molecule has 1 aliphatic carbocycles. The van der Waals surface area contributed by atoms with Gasteiger partial charge in [0.25, 0.3) is 0 Å². The van der Waals surface area contributed by atoms with Crippen LogP contribution in [0.2, 0.25) is 0 Å². The van der Waals surface area contributed by atoms with Gasteiger partial charge < -0.3 is 9.30 Å². The van der Waals surface area contributed by atoms with E-state index < -0.39 is 0 Å². The number of ether oxygens (including phenoxy) is 1. The van der Waals surface area contributed by atoms with Crippen LogP contribution in [0.15, 0.2) is 0 Å². The zero-order valence-corrected chi connectivity index (χ0v) is 11.5. The van der Waals surface area contributed by atoms with E-state index in [1.54, 1.807) is 6.92 Å². The largest absolute Gasteiger partial charge is 0.466 e. The van der Waals surface area contributed by atoms with Gasteiger partial charge in [0.2, 0.25) is 0 Å². The molecule has 0 spiro atoms. The highest BCUT2D eigenvalue weighted by Crippen LogP contribution is 2.29. The van der Waals surface area contributed by atoms with Crippen molar-refractivity contribution in [3.8, 4) is 0 Å². The van der Waals surface area contributed by atoms with Gasteiger partial charge in [0.15, 0.2) is 4.77 Å². The van der Waals surface area contributed by atoms with Gasteiger partial charge in [0.05, 0.1) is 6.61 Å². The molecule has 1 saturated carbocycles. The van der Waals surface area contributed by atoms with E-state index in [1.165, 1.54) is 19.3 Å². The first-order valence-corrected chi connectivity index (χ1v) is 6.94. The lowest BCUT2D eigenvalue weighted by Crippen LogP contribution is -2.18. The second-order valence-electron chi connectivity index (χ2n) is 4.59. The van der Waals surface area contributed by atoms with Crippen molar-refractivity contribution < 1.29 is 9.53 Å². The number of hydrogen-bond donors (Lipinski definition) is 1. The van der Waals surface area contributed by atoms with E-state index in [-0.39, 0.29) is 12.4 Å². The summed E-state index contributed by atoms with van der Waals surface area (Å²) in [5.41, 5.74) is 0. The Balaban J connectivity index is 2.15. The minimum atomic E-state index is -0.247. The van der Waals surface area contributed by atoms with Crippen molar-refractivity contribution >= 4 is 18.2 Å². The summed E-state index contributed by atoms with van der Waals surface area (Å²) in [4.78, 5) is 11.5. The van der Waals surface area contributed by atoms with Crippen molar-refractivity contribution in [1.82, 2.24) is 14.8 Å². The molecule has 1 aliphatic rings. The van der Waals surface area contributed by atoms with Gasteiger partial charge in [0.1, 0.15) is 12.2 Å². The third kappa shape index (κ3) is 2.98. The first-order chi connectivity index (χ1) is 8.72. The quantitative estimate of drug-likeness (QED) is 0.674. The molecule has 1 aromatic heterocycles. The number of hydrogen-bond acceptors (Lipinski definition) is 4. The van der Waals surface area contributed by atoms with Gasteiger partial charge in [0, 0.05) is 6.04 Å². The monoisotopic (exact) mass is 269 g/mol. The van der Waals surface area contributed by atoms with Crippen LogP contribution in [0.1, 0.15) is 50.9 Å². The highest BCUT2D eigenvalue weighted by Gasteiger charge is 2.21. The second kappa shape index (κ2) is 6.13. The standard InChI is InChI=1S/C12H19N3O2S/c1-2-17-11(16)8-10-13-14-12(18)15(10)9-6-4-3-5-7-9/h9H,2-8H2,1H3,(H,14,18). The molecule has 6 heteroatoms. The number of nitrogens with one attached hydrogen (secondary N) is 1. The lowest BCUT2D eigenvalue weighted by atomic mass is 9.95. The Labute approximate surface area is 112 Å². The average Bonchev–Trinajstić information content (AvgIpc) is 2.72. The van der Waals surface area contributed by atoms with Crippen molar-refractivity contribution in [2.45, 2.75) is 51.5 Å². The Morgan fingerprint density at radius 3 is 2.89 bits per heavy atom. The molecule has 0 atom stereocenters. The number of H-pyrrole nitrogens is 1. The molecule has 0 saturated heterocycles. The average molecular weight is 269 g/mol. The van der Waals surface area contributed by atoms with Crippen molar-refractivity contribution in [2.75, 3.05) is 6.61 Å². The maximum absolute atomic E-state index is 11.5. The van der Waals surface area contributed by atoms with Gasteiger partial charge in [-0.1, -0.05) is 19.3 Å². The molecule has 0 bridgehead atoms. The second-order valence-corrected chi connectivity index (χ2v) is 4.98. The van der Waals surface area contributed by atoms with Crippen molar-refractivity contribution in [3.63, 3.8) is 0 Å². The summed E-state index contributed by atoms with van der Waals surface area (Å²) in [6.45, 7) is 2.20. The van der Waals surface area contributed by atoms with E-state index in [1.807, 2.05) is 4.57 Å². The van der Waals surface area contributed by atoms with E-state index in [0.717, 1.165) is 12.8 Å². The Kier molecular flexibility index (Phi) is 4.52. The predicted molar refractivity (Wildman–Crippen MR) is 69.9 cm³/mol. The van der Waals surface area contributed by atoms with Gasteiger partial charge in [-0.05, 0) is 32.0 Å². The first kappa shape index (κ1) is 13.3. The molecular formula is C12H19N3O2S. The fourth-order valence-corrected chi connectivity index (χ4v) is 2.82. The summed E-state index contributed by atoms with van der Waals surface area (Å²) in [6.07, 6.45) is 6.15. The summed E-state index contributed by atoms with van der Waals surface area (Å²) < 4.78 is 7.57. The number of carbonyl (C=O) groups is 1. The molecule has 100 valence electrons. The van der Waals surface area contributed by atoms with E-state index in [4.69, 9.17) is 17.0 Å². The Morgan fingerprint density at radius 1 is 1.50 bits per heavy atom. The zero-order chi connectivity index (χ0) is 13.0. The highest BCUT2D eigenvalue weighted by atomic mass is 32.1. The van der Waals surface area contributed by atoms with Crippen LogP contribution in [-0.4, -0.2) is 27.3 Å². The van der Waals surface area contributed by atoms with Crippen LogP contribution in [-0.2, 0) is 16.0 Å². The predicted octanol–water partition coefficient (Wildman–Crippen LogP) is 2.55. The van der Waals surface area contributed by atoms with Gasteiger partial charge in [-0.15, -0.1) is 0 Å². The fraction of sp³-hybridized carbons (Fsp3) is 0.750. The Morgan fingerprint density at radius 2 is 2.22 bits per heavy atom. The molecule has 2 rings (SSSR count). The van der Waals surface area contributed by atoms with Gasteiger partial charge in [-0.25, -0.2) is 0 Å². The SMILES string of the molecule is CCOC(=O)Cc1n[nH]c(=S)n1C1CCCCC1. The number of carbonyl (C=O) groups excluding carboxylic acids is 1. The minimum Gasteiger partial charge on any atom is -0.466 e. The van der Waals surface area contributed by atoms with Crippen LogP contribution in [0.5, 0.6) is 0 Å². The van der Waals surface area contributed by atoms with Gasteiger partial charge >= 0.3 is 5.97 Å². The zero-order valence-electron chi connectivity index (χ0n) is 10.6. The molecule has 1 N–H and O–H groups in total. The van der Waals surface area contributed by atoms with Crippen molar-refractivity contribution in [3.05, 3.63) is 10.6 Å². The van der Waals surface area contributed by atoms with E-state index in [0.29, 0.717) is 23.2 Å². The molecule has 0 radical (unpaired) electrons. The number of nitrogens with zero attached hydrogens (tertiary/aromatic N) is 2. The molecule has 0 amide bonds. The maximum atomic E-state index is 11.5. The molecular weight excluding hydrogens is 250 g/mol. The molecule has 1 fully saturated rings. The van der Waals surface area contributed by atoms with Crippen molar-refractivity contribution in [2.24, 2.45) is 0 Å². The van der Waals surface area contributed by atoms with Crippen LogP contribution in [0.4, 0.5) is 0 Å². The Hall–Kier alpha value is -1.17. The topological polar surface area (TPSA) is 59.9 Å². The molecule has 0 unspecified atom stereocenters. The van der Waals surface area contributed by atoms with Crippen LogP contribution >= 0.6 is 12.2 Å². The summed E-state index contributed by atoms with van der Waals surface area (Å²) >= 11 is 5.26. The van der Waals surface area contributed by atoms with Crippen LogP contribution in [0.3, 0.4) is 0 Å². The molecule has 1 aromatic rings. The summed E-state index contributed by atoms with van der Waals surface area (Å²) in [5.74, 6) is 0.453. The molecule has 18 heavy (non-hydrogen) atoms. The smallest absolute Gasteiger partial charge is 0.313 e. The Bertz CT molecular complexity index is 460. The molecule has 0 aliphatic heterocycles. The molecule has 0 aromatic carbocycles. The number of aromatic amines is 1. The number of rotatable bonds is 4. The van der Waals surface area contributed by atoms with E-state index >= 15 is 0 Å². The van der Waals surface area contributed by atoms with Gasteiger partial charge in [-0.2, -0.15) is 5.10 Å². The molecule has 1 heterocycles. The lowest BCUT2D eigenvalue weighted by molar-refractivity contribution is -0.142. The summed E-state index contributed by atoms with van der Waals surface area (Å²) in [7, 11) is 0. The van der Waals surface area contributed by atoms with Crippen LogP contribution < -0.4 is 0 Å². The minimum absolute atomic E-state index is 0.192. The maximum Gasteiger partial charge on any atom is 0.313 e.